The molecular formula is C16H33NO. The fourth-order valence-corrected chi connectivity index (χ4v) is 2.23. The fourth-order valence-electron chi connectivity index (χ4n) is 2.23. The van der Waals surface area contributed by atoms with E-state index in [1.54, 1.807) is 6.92 Å². The Morgan fingerprint density at radius 3 is 1.61 bits per heavy atom. The van der Waals surface area contributed by atoms with Gasteiger partial charge in [-0.05, 0) is 13.3 Å². The van der Waals surface area contributed by atoms with E-state index in [2.05, 4.69) is 6.92 Å². The van der Waals surface area contributed by atoms with Gasteiger partial charge >= 0.3 is 0 Å². The first kappa shape index (κ1) is 17.6. The van der Waals surface area contributed by atoms with Crippen molar-refractivity contribution in [3.63, 3.8) is 0 Å². The molecule has 0 aromatic carbocycles. The van der Waals surface area contributed by atoms with Crippen LogP contribution in [-0.2, 0) is 4.79 Å². The summed E-state index contributed by atoms with van der Waals surface area (Å²) in [7, 11) is 0. The summed E-state index contributed by atoms with van der Waals surface area (Å²) in [5, 5.41) is 0. The first-order valence-electron chi connectivity index (χ1n) is 7.94. The second kappa shape index (κ2) is 13.1. The van der Waals surface area contributed by atoms with E-state index in [1.165, 1.54) is 64.2 Å². The molecule has 0 heterocycles. The van der Waals surface area contributed by atoms with Crippen LogP contribution >= 0.6 is 0 Å². The summed E-state index contributed by atoms with van der Waals surface area (Å²) in [6, 6.07) is -0.219. The number of carbonyl (C=O) groups is 1. The molecule has 0 aliphatic rings. The molecule has 0 aromatic heterocycles. The minimum atomic E-state index is -0.219. The first-order valence-corrected chi connectivity index (χ1v) is 7.94. The van der Waals surface area contributed by atoms with Crippen LogP contribution in [0.5, 0.6) is 0 Å². The van der Waals surface area contributed by atoms with Crippen LogP contribution in [0, 0.1) is 0 Å². The number of carbonyl (C=O) groups excluding carboxylic acids is 1. The number of Topliss-reactive ketones (excluding diaryl/α,β-unsaturated/α-hetero) is 1. The molecule has 2 nitrogen and oxygen atoms in total. The third-order valence-electron chi connectivity index (χ3n) is 3.64. The van der Waals surface area contributed by atoms with Crippen LogP contribution in [-0.4, -0.2) is 11.8 Å². The molecule has 0 aliphatic heterocycles. The van der Waals surface area contributed by atoms with Crippen molar-refractivity contribution in [3.05, 3.63) is 0 Å². The molecule has 1 unspecified atom stereocenters. The summed E-state index contributed by atoms with van der Waals surface area (Å²) in [6.45, 7) is 3.85. The molecule has 1 atom stereocenters. The van der Waals surface area contributed by atoms with Crippen LogP contribution in [0.25, 0.3) is 0 Å². The van der Waals surface area contributed by atoms with Crippen molar-refractivity contribution in [2.24, 2.45) is 5.73 Å². The molecule has 0 rings (SSSR count). The lowest BCUT2D eigenvalue weighted by molar-refractivity contribution is -0.118. The lowest BCUT2D eigenvalue weighted by Gasteiger charge is -2.07. The van der Waals surface area contributed by atoms with Gasteiger partial charge in [0.15, 0.2) is 0 Å². The van der Waals surface area contributed by atoms with Crippen LogP contribution in [0.1, 0.15) is 90.9 Å². The number of ketones is 1. The number of hydrogen-bond acceptors (Lipinski definition) is 2. The third kappa shape index (κ3) is 12.1. The van der Waals surface area contributed by atoms with Crippen LogP contribution in [0.4, 0.5) is 0 Å². The molecule has 0 spiro atoms. The molecule has 18 heavy (non-hydrogen) atoms. The number of nitrogens with two attached hydrogens (primary N) is 1. The minimum absolute atomic E-state index is 0.127. The summed E-state index contributed by atoms with van der Waals surface area (Å²) >= 11 is 0. The first-order chi connectivity index (χ1) is 8.68. The van der Waals surface area contributed by atoms with Gasteiger partial charge in [-0.1, -0.05) is 77.6 Å². The number of rotatable bonds is 13. The van der Waals surface area contributed by atoms with E-state index in [0.29, 0.717) is 0 Å². The van der Waals surface area contributed by atoms with Crippen LogP contribution in [0.2, 0.25) is 0 Å². The Morgan fingerprint density at radius 1 is 0.833 bits per heavy atom. The second-order valence-corrected chi connectivity index (χ2v) is 5.54. The summed E-state index contributed by atoms with van der Waals surface area (Å²) in [4.78, 5) is 10.9. The van der Waals surface area contributed by atoms with E-state index < -0.39 is 0 Å². The maximum absolute atomic E-state index is 10.9. The molecule has 0 radical (unpaired) electrons. The minimum Gasteiger partial charge on any atom is -0.322 e. The predicted octanol–water partition coefficient (Wildman–Crippen LogP) is 4.60. The molecule has 0 amide bonds. The molecule has 0 fully saturated rings. The van der Waals surface area contributed by atoms with Crippen molar-refractivity contribution in [2.45, 2.75) is 96.9 Å². The Kier molecular flexibility index (Phi) is 12.8. The smallest absolute Gasteiger partial charge is 0.146 e. The average molecular weight is 255 g/mol. The molecule has 0 aromatic rings. The van der Waals surface area contributed by atoms with E-state index in [-0.39, 0.29) is 11.8 Å². The van der Waals surface area contributed by atoms with Gasteiger partial charge in [0.05, 0.1) is 6.04 Å². The van der Waals surface area contributed by atoms with Crippen molar-refractivity contribution in [1.82, 2.24) is 0 Å². The Hall–Kier alpha value is -0.370. The van der Waals surface area contributed by atoms with Crippen LogP contribution in [0.3, 0.4) is 0 Å². The molecule has 2 N–H and O–H groups in total. The van der Waals surface area contributed by atoms with Gasteiger partial charge in [-0.25, -0.2) is 0 Å². The van der Waals surface area contributed by atoms with E-state index in [9.17, 15) is 4.79 Å². The third-order valence-corrected chi connectivity index (χ3v) is 3.64. The lowest BCUT2D eigenvalue weighted by atomic mass is 10.0. The Labute approximate surface area is 114 Å². The standard InChI is InChI=1S/C16H33NO/c1-3-4-5-6-7-8-9-10-11-12-13-14-16(17)15(2)18/h16H,3-14,17H2,1-2H3. The summed E-state index contributed by atoms with van der Waals surface area (Å²) < 4.78 is 0. The van der Waals surface area contributed by atoms with Gasteiger partial charge in [-0.2, -0.15) is 0 Å². The molecular weight excluding hydrogens is 222 g/mol. The van der Waals surface area contributed by atoms with E-state index >= 15 is 0 Å². The Bertz CT molecular complexity index is 192. The molecule has 0 bridgehead atoms. The Morgan fingerprint density at radius 2 is 1.22 bits per heavy atom. The largest absolute Gasteiger partial charge is 0.322 e. The monoisotopic (exact) mass is 255 g/mol. The molecule has 0 saturated carbocycles. The second-order valence-electron chi connectivity index (χ2n) is 5.54. The average Bonchev–Trinajstić information content (AvgIpc) is 2.35. The summed E-state index contributed by atoms with van der Waals surface area (Å²) in [6.07, 6.45) is 15.6. The lowest BCUT2D eigenvalue weighted by Crippen LogP contribution is -2.27. The SMILES string of the molecule is CCCCCCCCCCCCCC(N)C(C)=O. The van der Waals surface area contributed by atoms with E-state index in [1.807, 2.05) is 0 Å². The topological polar surface area (TPSA) is 43.1 Å². The number of unbranched alkanes of at least 4 members (excludes halogenated alkanes) is 10. The van der Waals surface area contributed by atoms with Gasteiger partial charge in [0.2, 0.25) is 0 Å². The van der Waals surface area contributed by atoms with Gasteiger partial charge in [-0.3, -0.25) is 4.79 Å². The zero-order valence-corrected chi connectivity index (χ0v) is 12.5. The summed E-state index contributed by atoms with van der Waals surface area (Å²) in [5.41, 5.74) is 5.69. The highest BCUT2D eigenvalue weighted by Gasteiger charge is 2.06. The van der Waals surface area contributed by atoms with Gasteiger partial charge < -0.3 is 5.73 Å². The quantitative estimate of drug-likeness (QED) is 0.489. The van der Waals surface area contributed by atoms with Crippen LogP contribution < -0.4 is 5.73 Å². The van der Waals surface area contributed by atoms with Crippen molar-refractivity contribution in [3.8, 4) is 0 Å². The van der Waals surface area contributed by atoms with E-state index in [0.717, 1.165) is 12.8 Å². The van der Waals surface area contributed by atoms with Gasteiger partial charge in [0, 0.05) is 0 Å². The van der Waals surface area contributed by atoms with Gasteiger partial charge in [-0.15, -0.1) is 0 Å². The Balaban J connectivity index is 3.05. The van der Waals surface area contributed by atoms with Crippen molar-refractivity contribution in [2.75, 3.05) is 0 Å². The van der Waals surface area contributed by atoms with Crippen molar-refractivity contribution < 1.29 is 4.79 Å². The molecule has 0 saturated heterocycles. The maximum Gasteiger partial charge on any atom is 0.146 e. The van der Waals surface area contributed by atoms with Crippen molar-refractivity contribution in [1.29, 1.82) is 0 Å². The van der Waals surface area contributed by atoms with Crippen LogP contribution in [0.15, 0.2) is 0 Å². The maximum atomic E-state index is 10.9. The summed E-state index contributed by atoms with van der Waals surface area (Å²) in [5.74, 6) is 0.127. The van der Waals surface area contributed by atoms with Crippen molar-refractivity contribution >= 4 is 5.78 Å². The fraction of sp³-hybridized carbons (Fsp3) is 0.938. The molecule has 108 valence electrons. The highest BCUT2D eigenvalue weighted by atomic mass is 16.1. The normalized spacial score (nSPS) is 12.6. The zero-order chi connectivity index (χ0) is 13.6. The number of hydrogen-bond donors (Lipinski definition) is 1. The zero-order valence-electron chi connectivity index (χ0n) is 12.5. The highest BCUT2D eigenvalue weighted by Crippen LogP contribution is 2.12. The van der Waals surface area contributed by atoms with Gasteiger partial charge in [0.1, 0.15) is 5.78 Å². The van der Waals surface area contributed by atoms with Gasteiger partial charge in [0.25, 0.3) is 0 Å². The molecule has 0 aliphatic carbocycles. The van der Waals surface area contributed by atoms with E-state index in [4.69, 9.17) is 5.73 Å². The molecule has 2 heteroatoms. The predicted molar refractivity (Wildman–Crippen MR) is 79.7 cm³/mol. The highest BCUT2D eigenvalue weighted by molar-refractivity contribution is 5.80.